The molecule has 1 fully saturated rings. The molecule has 0 spiro atoms. The third-order valence-corrected chi connectivity index (χ3v) is 3.51. The summed E-state index contributed by atoms with van der Waals surface area (Å²) in [6.45, 7) is 10.5. The van der Waals surface area contributed by atoms with Crippen molar-refractivity contribution in [3.8, 4) is 0 Å². The molecule has 0 aromatic carbocycles. The van der Waals surface area contributed by atoms with Crippen LogP contribution in [0.3, 0.4) is 0 Å². The standard InChI is InChI=1S/C11H23N/c1-6-12(5)9(2)10-7-11(3,4)8-10/h9-10H,6-8H2,1-5H3. The molecule has 0 N–H and O–H groups in total. The third kappa shape index (κ3) is 2.01. The first-order valence-corrected chi connectivity index (χ1v) is 5.16. The fraction of sp³-hybridized carbons (Fsp3) is 1.00. The first-order chi connectivity index (χ1) is 5.46. The molecule has 0 saturated heterocycles. The van der Waals surface area contributed by atoms with Gasteiger partial charge in [-0.05, 0) is 44.7 Å². The van der Waals surface area contributed by atoms with Gasteiger partial charge in [0.1, 0.15) is 0 Å². The summed E-state index contributed by atoms with van der Waals surface area (Å²) >= 11 is 0. The van der Waals surface area contributed by atoms with E-state index in [0.29, 0.717) is 5.41 Å². The molecule has 1 atom stereocenters. The summed E-state index contributed by atoms with van der Waals surface area (Å²) in [5, 5.41) is 0. The molecule has 1 aliphatic rings. The highest BCUT2D eigenvalue weighted by Gasteiger charge is 2.39. The molecule has 0 aliphatic heterocycles. The molecule has 12 heavy (non-hydrogen) atoms. The molecule has 0 aromatic heterocycles. The Morgan fingerprint density at radius 3 is 2.25 bits per heavy atom. The van der Waals surface area contributed by atoms with Gasteiger partial charge in [0.15, 0.2) is 0 Å². The summed E-state index contributed by atoms with van der Waals surface area (Å²) in [7, 11) is 2.23. The van der Waals surface area contributed by atoms with E-state index in [1.165, 1.54) is 19.4 Å². The van der Waals surface area contributed by atoms with Crippen LogP contribution in [0.25, 0.3) is 0 Å². The lowest BCUT2D eigenvalue weighted by Gasteiger charge is -2.47. The first-order valence-electron chi connectivity index (χ1n) is 5.16. The zero-order valence-electron chi connectivity index (χ0n) is 9.22. The highest BCUT2D eigenvalue weighted by Crippen LogP contribution is 2.47. The van der Waals surface area contributed by atoms with E-state index >= 15 is 0 Å². The van der Waals surface area contributed by atoms with Gasteiger partial charge in [0.05, 0.1) is 0 Å². The van der Waals surface area contributed by atoms with E-state index in [2.05, 4.69) is 39.6 Å². The summed E-state index contributed by atoms with van der Waals surface area (Å²) in [5.41, 5.74) is 0.632. The predicted octanol–water partition coefficient (Wildman–Crippen LogP) is 2.76. The maximum Gasteiger partial charge on any atom is 0.00924 e. The minimum Gasteiger partial charge on any atom is -0.304 e. The average Bonchev–Trinajstić information content (AvgIpc) is 1.97. The van der Waals surface area contributed by atoms with Crippen molar-refractivity contribution in [3.63, 3.8) is 0 Å². The van der Waals surface area contributed by atoms with E-state index in [4.69, 9.17) is 0 Å². The van der Waals surface area contributed by atoms with Gasteiger partial charge in [0.25, 0.3) is 0 Å². The monoisotopic (exact) mass is 169 g/mol. The lowest BCUT2D eigenvalue weighted by Crippen LogP contribution is -2.45. The van der Waals surface area contributed by atoms with Crippen molar-refractivity contribution < 1.29 is 0 Å². The Kier molecular flexibility index (Phi) is 2.82. The van der Waals surface area contributed by atoms with Crippen LogP contribution in [0.4, 0.5) is 0 Å². The van der Waals surface area contributed by atoms with Gasteiger partial charge in [-0.1, -0.05) is 20.8 Å². The first kappa shape index (κ1) is 10.0. The highest BCUT2D eigenvalue weighted by molar-refractivity contribution is 4.91. The molecular weight excluding hydrogens is 146 g/mol. The van der Waals surface area contributed by atoms with E-state index in [0.717, 1.165) is 12.0 Å². The van der Waals surface area contributed by atoms with Crippen molar-refractivity contribution in [2.24, 2.45) is 11.3 Å². The van der Waals surface area contributed by atoms with Gasteiger partial charge in [0.2, 0.25) is 0 Å². The smallest absolute Gasteiger partial charge is 0.00924 e. The van der Waals surface area contributed by atoms with Gasteiger partial charge in [0, 0.05) is 6.04 Å². The van der Waals surface area contributed by atoms with Crippen LogP contribution < -0.4 is 0 Å². The van der Waals surface area contributed by atoms with E-state index < -0.39 is 0 Å². The van der Waals surface area contributed by atoms with Crippen molar-refractivity contribution in [1.82, 2.24) is 4.90 Å². The van der Waals surface area contributed by atoms with E-state index in [9.17, 15) is 0 Å². The minimum atomic E-state index is 0.632. The van der Waals surface area contributed by atoms with Crippen LogP contribution in [0, 0.1) is 11.3 Å². The van der Waals surface area contributed by atoms with Gasteiger partial charge < -0.3 is 4.90 Å². The maximum atomic E-state index is 2.46. The second-order valence-corrected chi connectivity index (χ2v) is 5.15. The fourth-order valence-electron chi connectivity index (χ4n) is 2.35. The van der Waals surface area contributed by atoms with Crippen LogP contribution in [0.15, 0.2) is 0 Å². The Bertz CT molecular complexity index is 143. The Labute approximate surface area is 77.1 Å². The second kappa shape index (κ2) is 3.37. The lowest BCUT2D eigenvalue weighted by atomic mass is 9.62. The Hall–Kier alpha value is -0.0400. The third-order valence-electron chi connectivity index (χ3n) is 3.51. The van der Waals surface area contributed by atoms with Gasteiger partial charge in [-0.15, -0.1) is 0 Å². The average molecular weight is 169 g/mol. The number of nitrogens with zero attached hydrogens (tertiary/aromatic N) is 1. The molecule has 0 amide bonds. The number of hydrogen-bond donors (Lipinski definition) is 0. The highest BCUT2D eigenvalue weighted by atomic mass is 15.1. The van der Waals surface area contributed by atoms with Crippen molar-refractivity contribution in [2.75, 3.05) is 13.6 Å². The molecule has 72 valence electrons. The molecule has 1 aliphatic carbocycles. The summed E-state index contributed by atoms with van der Waals surface area (Å²) in [5.74, 6) is 0.949. The molecule has 0 radical (unpaired) electrons. The van der Waals surface area contributed by atoms with Gasteiger partial charge in [-0.2, -0.15) is 0 Å². The van der Waals surface area contributed by atoms with Gasteiger partial charge in [-0.25, -0.2) is 0 Å². The van der Waals surface area contributed by atoms with Gasteiger partial charge in [-0.3, -0.25) is 0 Å². The predicted molar refractivity (Wildman–Crippen MR) is 54.3 cm³/mol. The molecule has 1 unspecified atom stereocenters. The van der Waals surface area contributed by atoms with Crippen LogP contribution >= 0.6 is 0 Å². The van der Waals surface area contributed by atoms with E-state index in [1.807, 2.05) is 0 Å². The summed E-state index contributed by atoms with van der Waals surface area (Å²) < 4.78 is 0. The van der Waals surface area contributed by atoms with E-state index in [1.54, 1.807) is 0 Å². The van der Waals surface area contributed by atoms with Crippen molar-refractivity contribution in [3.05, 3.63) is 0 Å². The normalized spacial score (nSPS) is 25.5. The van der Waals surface area contributed by atoms with Crippen molar-refractivity contribution in [2.45, 2.75) is 46.6 Å². The molecule has 1 saturated carbocycles. The van der Waals surface area contributed by atoms with Crippen LogP contribution in [0.5, 0.6) is 0 Å². The largest absolute Gasteiger partial charge is 0.304 e. The quantitative estimate of drug-likeness (QED) is 0.628. The van der Waals surface area contributed by atoms with Gasteiger partial charge >= 0.3 is 0 Å². The molecule has 0 aromatic rings. The molecule has 0 bridgehead atoms. The summed E-state index contributed by atoms with van der Waals surface area (Å²) in [6, 6.07) is 0.781. The maximum absolute atomic E-state index is 2.46. The number of rotatable bonds is 3. The zero-order valence-corrected chi connectivity index (χ0v) is 9.22. The van der Waals surface area contributed by atoms with Crippen molar-refractivity contribution >= 4 is 0 Å². The van der Waals surface area contributed by atoms with Crippen LogP contribution in [-0.4, -0.2) is 24.5 Å². The molecule has 1 rings (SSSR count). The molecule has 1 heteroatoms. The zero-order chi connectivity index (χ0) is 9.35. The van der Waals surface area contributed by atoms with Crippen LogP contribution in [-0.2, 0) is 0 Å². The van der Waals surface area contributed by atoms with Crippen molar-refractivity contribution in [1.29, 1.82) is 0 Å². The van der Waals surface area contributed by atoms with Crippen LogP contribution in [0.1, 0.15) is 40.5 Å². The summed E-state index contributed by atoms with van der Waals surface area (Å²) in [6.07, 6.45) is 2.83. The SMILES string of the molecule is CCN(C)C(C)C1CC(C)(C)C1. The Balaban J connectivity index is 2.32. The minimum absolute atomic E-state index is 0.632. The fourth-order valence-corrected chi connectivity index (χ4v) is 2.35. The summed E-state index contributed by atoms with van der Waals surface area (Å²) in [4.78, 5) is 2.46. The molecular formula is C11H23N. The topological polar surface area (TPSA) is 3.24 Å². The van der Waals surface area contributed by atoms with E-state index in [-0.39, 0.29) is 0 Å². The molecule has 0 heterocycles. The second-order valence-electron chi connectivity index (χ2n) is 5.15. The molecule has 1 nitrogen and oxygen atoms in total. The lowest BCUT2D eigenvalue weighted by molar-refractivity contribution is 0.0308. The Morgan fingerprint density at radius 1 is 1.42 bits per heavy atom. The van der Waals surface area contributed by atoms with Crippen LogP contribution in [0.2, 0.25) is 0 Å². The Morgan fingerprint density at radius 2 is 1.92 bits per heavy atom. The number of hydrogen-bond acceptors (Lipinski definition) is 1.